The zero-order chi connectivity index (χ0) is 61.2. The highest BCUT2D eigenvalue weighted by atomic mass is 31.2. The van der Waals surface area contributed by atoms with Crippen LogP contribution >= 0.6 is 7.82 Å². The van der Waals surface area contributed by atoms with Crippen molar-refractivity contribution in [1.82, 2.24) is 0 Å². The van der Waals surface area contributed by atoms with Crippen LogP contribution in [0.2, 0.25) is 0 Å². The maximum absolute atomic E-state index is 12.9. The maximum atomic E-state index is 12.9. The van der Waals surface area contributed by atoms with Gasteiger partial charge in [-0.2, -0.15) is 0 Å². The third-order valence-electron chi connectivity index (χ3n) is 17.0. The molecule has 0 rings (SSSR count). The van der Waals surface area contributed by atoms with Gasteiger partial charge in [0.2, 0.25) is 0 Å². The molecule has 2 unspecified atom stereocenters. The van der Waals surface area contributed by atoms with E-state index in [0.717, 1.165) is 38.5 Å². The van der Waals surface area contributed by atoms with E-state index in [2.05, 4.69) is 38.2 Å². The molecule has 0 spiro atoms. The molecule has 0 radical (unpaired) electrons. The van der Waals surface area contributed by atoms with Crippen molar-refractivity contribution < 1.29 is 42.1 Å². The molecule has 2 atom stereocenters. The summed E-state index contributed by atoms with van der Waals surface area (Å²) in [5, 5.41) is 0. The minimum Gasteiger partial charge on any atom is -0.756 e. The minimum absolute atomic E-state index is 0.0263. The van der Waals surface area contributed by atoms with Gasteiger partial charge in [0, 0.05) is 12.8 Å². The van der Waals surface area contributed by atoms with Crippen LogP contribution in [0.4, 0.5) is 0 Å². The first kappa shape index (κ1) is 82.5. The summed E-state index contributed by atoms with van der Waals surface area (Å²) in [6.45, 7) is 4.32. The molecule has 0 aliphatic heterocycles. The third kappa shape index (κ3) is 69.6. The number of nitrogens with zero attached hydrogens (tertiary/aromatic N) is 1. The van der Waals surface area contributed by atoms with Gasteiger partial charge in [0.15, 0.2) is 6.10 Å². The zero-order valence-electron chi connectivity index (χ0n) is 56.9. The number of carbonyl (C=O) groups is 2. The number of allylic oxidation sites excluding steroid dienone is 4. The Hall–Kier alpha value is -1.51. The maximum Gasteiger partial charge on any atom is 0.306 e. The van der Waals surface area contributed by atoms with Gasteiger partial charge in [-0.25, -0.2) is 0 Å². The zero-order valence-corrected chi connectivity index (χ0v) is 57.8. The van der Waals surface area contributed by atoms with Gasteiger partial charge >= 0.3 is 11.9 Å². The molecule has 10 heteroatoms. The summed E-state index contributed by atoms with van der Waals surface area (Å²) in [5.41, 5.74) is 0. The van der Waals surface area contributed by atoms with Gasteiger partial charge in [0.05, 0.1) is 27.7 Å². The van der Waals surface area contributed by atoms with Crippen LogP contribution in [0.5, 0.6) is 0 Å². The van der Waals surface area contributed by atoms with Crippen molar-refractivity contribution >= 4 is 19.8 Å². The number of quaternary nitrogens is 1. The molecule has 9 nitrogen and oxygen atoms in total. The Morgan fingerprint density at radius 3 is 0.940 bits per heavy atom. The average molecular weight is 1210 g/mol. The van der Waals surface area contributed by atoms with Gasteiger partial charge in [-0.3, -0.25) is 14.2 Å². The molecule has 0 bridgehead atoms. The molecule has 0 fully saturated rings. The monoisotopic (exact) mass is 1210 g/mol. The van der Waals surface area contributed by atoms with Crippen LogP contribution in [0.25, 0.3) is 0 Å². The van der Waals surface area contributed by atoms with Gasteiger partial charge in [-0.05, 0) is 44.9 Å². The van der Waals surface area contributed by atoms with Crippen molar-refractivity contribution in [1.29, 1.82) is 0 Å². The lowest BCUT2D eigenvalue weighted by molar-refractivity contribution is -0.870. The molecule has 0 aliphatic carbocycles. The normalized spacial score (nSPS) is 13.2. The van der Waals surface area contributed by atoms with Crippen LogP contribution in [0.3, 0.4) is 0 Å². The summed E-state index contributed by atoms with van der Waals surface area (Å²) in [4.78, 5) is 38.1. The Labute approximate surface area is 523 Å². The van der Waals surface area contributed by atoms with Crippen LogP contribution in [0.15, 0.2) is 24.3 Å². The molecule has 0 amide bonds. The lowest BCUT2D eigenvalue weighted by Gasteiger charge is -2.28. The van der Waals surface area contributed by atoms with Gasteiger partial charge < -0.3 is 27.9 Å². The number of phosphoric ester groups is 1. The number of rotatable bonds is 70. The number of ether oxygens (including phenoxy) is 2. The van der Waals surface area contributed by atoms with Crippen LogP contribution in [-0.2, 0) is 32.7 Å². The van der Waals surface area contributed by atoms with Gasteiger partial charge in [0.1, 0.15) is 19.8 Å². The van der Waals surface area contributed by atoms with E-state index in [0.29, 0.717) is 17.4 Å². The standard InChI is InChI=1S/C74H144NO8P/c1-6-8-10-12-14-16-18-20-22-24-26-28-30-32-33-34-35-36-37-38-39-40-41-43-45-47-49-51-53-55-57-59-61-63-65-67-74(77)83-72(71-82-84(78,79)81-69-68-75(3,4)5)70-80-73(76)66-64-62-60-58-56-54-52-50-48-46-44-42-31-29-27-25-23-21-19-17-15-13-11-9-7-2/h18,20,24,26,72H,6-17,19,21-23,25,27-71H2,1-5H3/b20-18-,26-24-. The largest absolute Gasteiger partial charge is 0.756 e. The number of hydrogen-bond donors (Lipinski definition) is 0. The number of unbranched alkanes of at least 4 members (excludes halogenated alkanes) is 52. The molecule has 0 aromatic heterocycles. The molecule has 0 aromatic carbocycles. The van der Waals surface area contributed by atoms with Crippen molar-refractivity contribution in [3.05, 3.63) is 24.3 Å². The molecule has 498 valence electrons. The fourth-order valence-electron chi connectivity index (χ4n) is 11.3. The number of carbonyl (C=O) groups excluding carboxylic acids is 2. The first-order valence-electron chi connectivity index (χ1n) is 37.0. The Kier molecular flexibility index (Phi) is 64.7. The lowest BCUT2D eigenvalue weighted by atomic mass is 10.0. The van der Waals surface area contributed by atoms with E-state index < -0.39 is 26.5 Å². The smallest absolute Gasteiger partial charge is 0.306 e. The van der Waals surface area contributed by atoms with Crippen molar-refractivity contribution in [3.63, 3.8) is 0 Å². The van der Waals surface area contributed by atoms with Crippen molar-refractivity contribution in [3.8, 4) is 0 Å². The van der Waals surface area contributed by atoms with Crippen LogP contribution in [0.1, 0.15) is 386 Å². The van der Waals surface area contributed by atoms with Crippen LogP contribution in [-0.4, -0.2) is 70.0 Å². The molecule has 0 aromatic rings. The predicted molar refractivity (Wildman–Crippen MR) is 361 cm³/mol. The first-order chi connectivity index (χ1) is 41.0. The van der Waals surface area contributed by atoms with E-state index in [1.165, 1.54) is 315 Å². The van der Waals surface area contributed by atoms with E-state index in [9.17, 15) is 19.0 Å². The molecule has 84 heavy (non-hydrogen) atoms. The fraction of sp³-hybridized carbons (Fsp3) is 0.919. The second-order valence-electron chi connectivity index (χ2n) is 26.7. The van der Waals surface area contributed by atoms with Crippen LogP contribution < -0.4 is 4.89 Å². The highest BCUT2D eigenvalue weighted by molar-refractivity contribution is 7.45. The summed E-state index contributed by atoms with van der Waals surface area (Å²) in [6.07, 6.45) is 82.8. The summed E-state index contributed by atoms with van der Waals surface area (Å²) < 4.78 is 34.4. The van der Waals surface area contributed by atoms with Gasteiger partial charge in [0.25, 0.3) is 7.82 Å². The molecule has 0 saturated heterocycles. The summed E-state index contributed by atoms with van der Waals surface area (Å²) in [5.74, 6) is -0.806. The molecule has 0 heterocycles. The quantitative estimate of drug-likeness (QED) is 0.0195. The van der Waals surface area contributed by atoms with Gasteiger partial charge in [-0.1, -0.05) is 353 Å². The van der Waals surface area contributed by atoms with Crippen molar-refractivity contribution in [2.45, 2.75) is 392 Å². The molecule has 0 N–H and O–H groups in total. The molecule has 0 aliphatic rings. The topological polar surface area (TPSA) is 111 Å². The van der Waals surface area contributed by atoms with Gasteiger partial charge in [-0.15, -0.1) is 0 Å². The second-order valence-corrected chi connectivity index (χ2v) is 28.1. The Morgan fingerprint density at radius 2 is 0.643 bits per heavy atom. The Bertz CT molecular complexity index is 1460. The number of hydrogen-bond acceptors (Lipinski definition) is 8. The SMILES string of the molecule is CCCCCCC/C=C\C/C=C\CCCCCCCCCCCCCCCCCCCCCCCCCC(=O)OC(COC(=O)CCCCCCCCCCCCCCCCCCCCCCCCCCC)COP(=O)([O-])OCC[N+](C)(C)C. The van der Waals surface area contributed by atoms with E-state index in [1.807, 2.05) is 21.1 Å². The number of esters is 2. The molecule has 0 saturated carbocycles. The first-order valence-corrected chi connectivity index (χ1v) is 38.5. The Balaban J connectivity index is 3.94. The Morgan fingerprint density at radius 1 is 0.369 bits per heavy atom. The highest BCUT2D eigenvalue weighted by Crippen LogP contribution is 2.38. The fourth-order valence-corrected chi connectivity index (χ4v) is 12.0. The summed E-state index contributed by atoms with van der Waals surface area (Å²) >= 11 is 0. The third-order valence-corrected chi connectivity index (χ3v) is 17.9. The summed E-state index contributed by atoms with van der Waals surface area (Å²) in [7, 11) is 1.19. The predicted octanol–water partition coefficient (Wildman–Crippen LogP) is 23.4. The number of phosphoric acid groups is 1. The number of likely N-dealkylation sites (N-methyl/N-ethyl adjacent to an activating group) is 1. The van der Waals surface area contributed by atoms with E-state index in [-0.39, 0.29) is 32.0 Å². The van der Waals surface area contributed by atoms with E-state index >= 15 is 0 Å². The minimum atomic E-state index is -4.64. The van der Waals surface area contributed by atoms with Crippen LogP contribution in [0, 0.1) is 0 Å². The molecular weight excluding hydrogens is 1060 g/mol. The van der Waals surface area contributed by atoms with E-state index in [1.54, 1.807) is 0 Å². The van der Waals surface area contributed by atoms with Crippen molar-refractivity contribution in [2.75, 3.05) is 47.5 Å². The highest BCUT2D eigenvalue weighted by Gasteiger charge is 2.22. The summed E-state index contributed by atoms with van der Waals surface area (Å²) in [6, 6.07) is 0. The van der Waals surface area contributed by atoms with Crippen molar-refractivity contribution in [2.24, 2.45) is 0 Å². The second kappa shape index (κ2) is 65.9. The molecular formula is C74H144NO8P. The average Bonchev–Trinajstić information content (AvgIpc) is 3.61. The van der Waals surface area contributed by atoms with E-state index in [4.69, 9.17) is 18.5 Å². The lowest BCUT2D eigenvalue weighted by Crippen LogP contribution is -2.37.